The molecule has 0 rings (SSSR count). The summed E-state index contributed by atoms with van der Waals surface area (Å²) < 4.78 is 0. The van der Waals surface area contributed by atoms with Crippen LogP contribution in [-0.4, -0.2) is 0 Å². The Hall–Kier alpha value is -0.260. The van der Waals surface area contributed by atoms with Crippen LogP contribution in [0.5, 0.6) is 0 Å². The van der Waals surface area contributed by atoms with Gasteiger partial charge in [-0.05, 0) is 18.3 Å². The van der Waals surface area contributed by atoms with Gasteiger partial charge in [-0.3, -0.25) is 0 Å². The molecule has 0 unspecified atom stereocenters. The van der Waals surface area contributed by atoms with Gasteiger partial charge in [0.25, 0.3) is 0 Å². The van der Waals surface area contributed by atoms with Crippen LogP contribution in [0.2, 0.25) is 0 Å². The highest BCUT2D eigenvalue weighted by Gasteiger charge is 2.10. The topological polar surface area (TPSA) is 0 Å². The summed E-state index contributed by atoms with van der Waals surface area (Å²) in [6.07, 6.45) is 11.2. The molecule has 0 amide bonds. The van der Waals surface area contributed by atoms with E-state index in [1.807, 2.05) is 0 Å². The Balaban J connectivity index is 3.63. The quantitative estimate of drug-likeness (QED) is 0.403. The molecule has 0 spiro atoms. The largest absolute Gasteiger partial charge is 0.0880 e. The molecule has 0 nitrogen and oxygen atoms in total. The van der Waals surface area contributed by atoms with Gasteiger partial charge in [0.05, 0.1) is 0 Å². The predicted molar refractivity (Wildman–Crippen MR) is 57.4 cm³/mol. The molecule has 0 fully saturated rings. The highest BCUT2D eigenvalue weighted by Crippen LogP contribution is 2.23. The fraction of sp³-hybridized carbons (Fsp3) is 0.833. The number of allylic oxidation sites excluding steroid dienone is 2. The average molecular weight is 168 g/mol. The molecule has 0 N–H and O–H groups in total. The summed E-state index contributed by atoms with van der Waals surface area (Å²) in [6.45, 7) is 9.13. The minimum atomic E-state index is 0.419. The van der Waals surface area contributed by atoms with Gasteiger partial charge < -0.3 is 0 Å². The van der Waals surface area contributed by atoms with Gasteiger partial charge in [-0.15, -0.1) is 0 Å². The zero-order chi connectivity index (χ0) is 9.45. The molecule has 0 radical (unpaired) electrons. The number of rotatable bonds is 6. The molecule has 0 atom stereocenters. The molecule has 0 heterocycles. The van der Waals surface area contributed by atoms with Gasteiger partial charge in [0.2, 0.25) is 0 Å². The summed E-state index contributed by atoms with van der Waals surface area (Å²) in [5.41, 5.74) is 0.419. The molecule has 0 saturated carbocycles. The zero-order valence-corrected chi connectivity index (χ0v) is 9.19. The number of hydrogen-bond acceptors (Lipinski definition) is 0. The lowest BCUT2D eigenvalue weighted by Gasteiger charge is -2.18. The number of hydrogen-bond donors (Lipinski definition) is 0. The van der Waals surface area contributed by atoms with Gasteiger partial charge in [-0.2, -0.15) is 0 Å². The van der Waals surface area contributed by atoms with Crippen molar-refractivity contribution >= 4 is 0 Å². The maximum atomic E-state index is 2.38. The highest BCUT2D eigenvalue weighted by molar-refractivity contribution is 4.94. The molecular weight excluding hydrogens is 144 g/mol. The van der Waals surface area contributed by atoms with Crippen molar-refractivity contribution in [1.82, 2.24) is 0 Å². The lowest BCUT2D eigenvalue weighted by molar-refractivity contribution is 0.430. The van der Waals surface area contributed by atoms with Crippen LogP contribution in [0.25, 0.3) is 0 Å². The Labute approximate surface area is 78.1 Å². The summed E-state index contributed by atoms with van der Waals surface area (Å²) in [5.74, 6) is 0. The minimum absolute atomic E-state index is 0.419. The Morgan fingerprint density at radius 2 is 1.75 bits per heavy atom. The van der Waals surface area contributed by atoms with Gasteiger partial charge in [-0.1, -0.05) is 59.1 Å². The van der Waals surface area contributed by atoms with E-state index in [4.69, 9.17) is 0 Å². The smallest absolute Gasteiger partial charge is 0.0175 e. The molecule has 0 saturated heterocycles. The molecule has 0 aromatic heterocycles. The fourth-order valence-corrected chi connectivity index (χ4v) is 1.45. The first-order valence-electron chi connectivity index (χ1n) is 5.30. The van der Waals surface area contributed by atoms with Gasteiger partial charge >= 0.3 is 0 Å². The molecular formula is C12H24. The van der Waals surface area contributed by atoms with E-state index in [9.17, 15) is 0 Å². The third kappa shape index (κ3) is 6.45. The monoisotopic (exact) mass is 168 g/mol. The van der Waals surface area contributed by atoms with E-state index in [-0.39, 0.29) is 0 Å². The van der Waals surface area contributed by atoms with Crippen LogP contribution >= 0.6 is 0 Å². The second-order valence-electron chi connectivity index (χ2n) is 4.28. The molecule has 0 bridgehead atoms. The predicted octanol–water partition coefficient (Wildman–Crippen LogP) is 4.56. The van der Waals surface area contributed by atoms with Crippen molar-refractivity contribution in [3.8, 4) is 0 Å². The average Bonchev–Trinajstić information content (AvgIpc) is 1.98. The summed E-state index contributed by atoms with van der Waals surface area (Å²) in [7, 11) is 0. The van der Waals surface area contributed by atoms with E-state index in [1.54, 1.807) is 0 Å². The van der Waals surface area contributed by atoms with Gasteiger partial charge in [0.1, 0.15) is 0 Å². The maximum absolute atomic E-state index is 2.38. The first kappa shape index (κ1) is 11.7. The van der Waals surface area contributed by atoms with E-state index in [0.717, 1.165) is 0 Å². The SMILES string of the molecule is CCCCC=CC(C)(C)CCC. The molecule has 0 aromatic rings. The van der Waals surface area contributed by atoms with Crippen molar-refractivity contribution in [3.63, 3.8) is 0 Å². The third-order valence-corrected chi connectivity index (χ3v) is 2.19. The third-order valence-electron chi connectivity index (χ3n) is 2.19. The maximum Gasteiger partial charge on any atom is -0.0175 e. The Morgan fingerprint density at radius 1 is 1.08 bits per heavy atom. The first-order valence-corrected chi connectivity index (χ1v) is 5.30. The second kappa shape index (κ2) is 6.28. The lowest BCUT2D eigenvalue weighted by Crippen LogP contribution is -2.05. The Bertz CT molecular complexity index is 120. The molecule has 0 aliphatic heterocycles. The van der Waals surface area contributed by atoms with Crippen LogP contribution in [0.3, 0.4) is 0 Å². The van der Waals surface area contributed by atoms with Gasteiger partial charge in [0, 0.05) is 0 Å². The summed E-state index contributed by atoms with van der Waals surface area (Å²) in [5, 5.41) is 0. The van der Waals surface area contributed by atoms with Crippen LogP contribution in [0.15, 0.2) is 12.2 Å². The molecule has 0 aromatic carbocycles. The molecule has 0 aliphatic rings. The van der Waals surface area contributed by atoms with E-state index in [1.165, 1.54) is 32.1 Å². The summed E-state index contributed by atoms with van der Waals surface area (Å²) in [6, 6.07) is 0. The Kier molecular flexibility index (Phi) is 6.14. The molecule has 0 heteroatoms. The van der Waals surface area contributed by atoms with Crippen molar-refractivity contribution in [1.29, 1.82) is 0 Å². The van der Waals surface area contributed by atoms with E-state index < -0.39 is 0 Å². The summed E-state index contributed by atoms with van der Waals surface area (Å²) in [4.78, 5) is 0. The Morgan fingerprint density at radius 3 is 2.25 bits per heavy atom. The standard InChI is InChI=1S/C12H24/c1-5-7-8-9-11-12(3,4)10-6-2/h9,11H,5-8,10H2,1-4H3. The normalized spacial score (nSPS) is 12.7. The van der Waals surface area contributed by atoms with Crippen LogP contribution in [0, 0.1) is 5.41 Å². The lowest BCUT2D eigenvalue weighted by atomic mass is 9.87. The van der Waals surface area contributed by atoms with Crippen molar-refractivity contribution in [2.45, 2.75) is 59.8 Å². The van der Waals surface area contributed by atoms with E-state index >= 15 is 0 Å². The van der Waals surface area contributed by atoms with E-state index in [0.29, 0.717) is 5.41 Å². The van der Waals surface area contributed by atoms with Crippen LogP contribution in [-0.2, 0) is 0 Å². The van der Waals surface area contributed by atoms with Crippen LogP contribution in [0.1, 0.15) is 59.8 Å². The zero-order valence-electron chi connectivity index (χ0n) is 9.19. The van der Waals surface area contributed by atoms with Crippen molar-refractivity contribution in [3.05, 3.63) is 12.2 Å². The number of unbranched alkanes of at least 4 members (excludes halogenated alkanes) is 2. The van der Waals surface area contributed by atoms with Gasteiger partial charge in [-0.25, -0.2) is 0 Å². The minimum Gasteiger partial charge on any atom is -0.0880 e. The van der Waals surface area contributed by atoms with Crippen molar-refractivity contribution in [2.75, 3.05) is 0 Å². The van der Waals surface area contributed by atoms with Crippen molar-refractivity contribution < 1.29 is 0 Å². The highest BCUT2D eigenvalue weighted by atomic mass is 14.2. The molecule has 0 aliphatic carbocycles. The fourth-order valence-electron chi connectivity index (χ4n) is 1.45. The van der Waals surface area contributed by atoms with E-state index in [2.05, 4.69) is 39.8 Å². The second-order valence-corrected chi connectivity index (χ2v) is 4.28. The summed E-state index contributed by atoms with van der Waals surface area (Å²) >= 11 is 0. The van der Waals surface area contributed by atoms with Gasteiger partial charge in [0.15, 0.2) is 0 Å². The molecule has 72 valence electrons. The van der Waals surface area contributed by atoms with Crippen molar-refractivity contribution in [2.24, 2.45) is 5.41 Å². The first-order chi connectivity index (χ1) is 5.62. The van der Waals surface area contributed by atoms with Crippen LogP contribution in [0.4, 0.5) is 0 Å². The van der Waals surface area contributed by atoms with Crippen LogP contribution < -0.4 is 0 Å². The molecule has 12 heavy (non-hydrogen) atoms.